The van der Waals surface area contributed by atoms with Crippen LogP contribution in [0.4, 0.5) is 0 Å². The number of hydrogen-bond donors (Lipinski definition) is 1. The molecule has 0 radical (unpaired) electrons. The number of nitrogens with one attached hydrogen (secondary N) is 1. The lowest BCUT2D eigenvalue weighted by Gasteiger charge is -2.10. The van der Waals surface area contributed by atoms with Gasteiger partial charge in [-0.05, 0) is 33.6 Å². The third kappa shape index (κ3) is 3.00. The lowest BCUT2D eigenvalue weighted by Crippen LogP contribution is -2.26. The van der Waals surface area contributed by atoms with Crippen LogP contribution in [0.5, 0.6) is 0 Å². The van der Waals surface area contributed by atoms with E-state index in [9.17, 15) is 4.79 Å². The monoisotopic (exact) mass is 374 g/mol. The van der Waals surface area contributed by atoms with Crippen molar-refractivity contribution in [1.29, 1.82) is 0 Å². The van der Waals surface area contributed by atoms with Crippen LogP contribution in [0.1, 0.15) is 16.1 Å². The Hall–Kier alpha value is -1.85. The van der Waals surface area contributed by atoms with Crippen LogP contribution in [-0.2, 0) is 6.54 Å². The molecule has 0 atom stereocenters. The van der Waals surface area contributed by atoms with Crippen LogP contribution >= 0.6 is 27.3 Å². The van der Waals surface area contributed by atoms with E-state index < -0.39 is 0 Å². The zero-order chi connectivity index (χ0) is 15.5. The highest BCUT2D eigenvalue weighted by atomic mass is 79.9. The first-order valence-electron chi connectivity index (χ1n) is 6.90. The van der Waals surface area contributed by atoms with Gasteiger partial charge in [0.05, 0.1) is 14.0 Å². The minimum Gasteiger partial charge on any atom is -0.347 e. The van der Waals surface area contributed by atoms with Gasteiger partial charge in [0, 0.05) is 13.1 Å². The molecule has 2 heterocycles. The summed E-state index contributed by atoms with van der Waals surface area (Å²) in [6.07, 6.45) is 1.68. The number of hydrogen-bond acceptors (Lipinski definition) is 2. The zero-order valence-electron chi connectivity index (χ0n) is 11.9. The van der Waals surface area contributed by atoms with Gasteiger partial charge in [0.15, 0.2) is 0 Å². The van der Waals surface area contributed by atoms with Crippen LogP contribution in [0, 0.1) is 0 Å². The molecule has 0 aliphatic rings. The molecule has 3 nitrogen and oxygen atoms in total. The summed E-state index contributed by atoms with van der Waals surface area (Å²) >= 11 is 5.15. The number of nitrogens with zero attached hydrogens (tertiary/aromatic N) is 1. The van der Waals surface area contributed by atoms with E-state index in [1.54, 1.807) is 17.4 Å². The number of halogens is 1. The van der Waals surface area contributed by atoms with Crippen molar-refractivity contribution in [1.82, 2.24) is 9.88 Å². The molecule has 0 spiro atoms. The van der Waals surface area contributed by atoms with Crippen molar-refractivity contribution in [2.75, 3.05) is 6.54 Å². The van der Waals surface area contributed by atoms with Crippen molar-refractivity contribution in [3.63, 3.8) is 0 Å². The molecule has 22 heavy (non-hydrogen) atoms. The molecule has 1 N–H and O–H groups in total. The van der Waals surface area contributed by atoms with Crippen LogP contribution in [0.15, 0.2) is 58.9 Å². The first-order valence-corrected chi connectivity index (χ1v) is 8.51. The van der Waals surface area contributed by atoms with E-state index in [1.807, 2.05) is 24.3 Å². The van der Waals surface area contributed by atoms with E-state index in [4.69, 9.17) is 0 Å². The molecule has 1 aromatic carbocycles. The Bertz CT molecular complexity index is 820. The molecule has 0 bridgehead atoms. The fraction of sp³-hybridized carbons (Fsp3) is 0.118. The van der Waals surface area contributed by atoms with E-state index in [-0.39, 0.29) is 5.91 Å². The van der Waals surface area contributed by atoms with E-state index in [1.165, 1.54) is 5.56 Å². The molecule has 0 aliphatic heterocycles. The molecular formula is C17H15BrN2OS. The molecule has 5 heteroatoms. The molecular weight excluding hydrogens is 360 g/mol. The predicted molar refractivity (Wildman–Crippen MR) is 95.6 cm³/mol. The van der Waals surface area contributed by atoms with Crippen molar-refractivity contribution < 1.29 is 4.79 Å². The Balaban J connectivity index is 2.03. The number of amides is 1. The molecule has 112 valence electrons. The second kappa shape index (κ2) is 6.50. The molecule has 0 unspecified atom stereocenters. The summed E-state index contributed by atoms with van der Waals surface area (Å²) in [5, 5.41) is 2.86. The van der Waals surface area contributed by atoms with E-state index >= 15 is 0 Å². The fourth-order valence-electron chi connectivity index (χ4n) is 2.39. The normalized spacial score (nSPS) is 10.8. The van der Waals surface area contributed by atoms with Gasteiger partial charge in [-0.25, -0.2) is 0 Å². The Morgan fingerprint density at radius 1 is 1.32 bits per heavy atom. The van der Waals surface area contributed by atoms with Gasteiger partial charge in [0.2, 0.25) is 0 Å². The number of benzene rings is 1. The Morgan fingerprint density at radius 3 is 2.82 bits per heavy atom. The maximum absolute atomic E-state index is 12.4. The Labute approximate surface area is 141 Å². The number of carbonyl (C=O) groups is 1. The smallest absolute Gasteiger partial charge is 0.268 e. The van der Waals surface area contributed by atoms with E-state index in [0.29, 0.717) is 18.8 Å². The summed E-state index contributed by atoms with van der Waals surface area (Å²) < 4.78 is 4.23. The lowest BCUT2D eigenvalue weighted by atomic mass is 10.2. The van der Waals surface area contributed by atoms with Gasteiger partial charge in [0.25, 0.3) is 5.91 Å². The van der Waals surface area contributed by atoms with Gasteiger partial charge >= 0.3 is 0 Å². The summed E-state index contributed by atoms with van der Waals surface area (Å²) in [5.41, 5.74) is 2.92. The Kier molecular flexibility index (Phi) is 4.45. The number of aromatic nitrogens is 1. The van der Waals surface area contributed by atoms with Crippen molar-refractivity contribution in [2.45, 2.75) is 6.54 Å². The molecule has 0 aliphatic carbocycles. The number of carbonyl (C=O) groups excluding carboxylic acids is 1. The molecule has 2 aromatic heterocycles. The SMILES string of the molecule is C=CCNC(=O)c1cc2sc(Br)cc2n1Cc1ccccc1. The van der Waals surface area contributed by atoms with Gasteiger partial charge in [-0.3, -0.25) is 4.79 Å². The summed E-state index contributed by atoms with van der Waals surface area (Å²) in [7, 11) is 0. The maximum Gasteiger partial charge on any atom is 0.268 e. The summed E-state index contributed by atoms with van der Waals surface area (Å²) in [6, 6.07) is 14.2. The van der Waals surface area contributed by atoms with Gasteiger partial charge in [-0.1, -0.05) is 36.4 Å². The first kappa shape index (κ1) is 15.1. The molecule has 0 fully saturated rings. The highest BCUT2D eigenvalue weighted by molar-refractivity contribution is 9.11. The molecule has 0 saturated carbocycles. The number of thiophene rings is 1. The van der Waals surface area contributed by atoms with Gasteiger partial charge < -0.3 is 9.88 Å². The van der Waals surface area contributed by atoms with Crippen LogP contribution in [0.25, 0.3) is 10.2 Å². The van der Waals surface area contributed by atoms with Crippen molar-refractivity contribution in [3.05, 3.63) is 70.2 Å². The minimum atomic E-state index is -0.0737. The molecule has 3 aromatic rings. The van der Waals surface area contributed by atoms with Crippen LogP contribution in [0.3, 0.4) is 0 Å². The highest BCUT2D eigenvalue weighted by Gasteiger charge is 2.17. The summed E-state index contributed by atoms with van der Waals surface area (Å²) in [6.45, 7) is 4.77. The van der Waals surface area contributed by atoms with Crippen molar-refractivity contribution in [3.8, 4) is 0 Å². The lowest BCUT2D eigenvalue weighted by molar-refractivity contribution is 0.0949. The second-order valence-corrected chi connectivity index (χ2v) is 7.36. The van der Waals surface area contributed by atoms with Crippen molar-refractivity contribution >= 4 is 43.4 Å². The third-order valence-corrected chi connectivity index (χ3v) is 4.96. The van der Waals surface area contributed by atoms with Crippen LogP contribution in [-0.4, -0.2) is 17.0 Å². The zero-order valence-corrected chi connectivity index (χ0v) is 14.3. The van der Waals surface area contributed by atoms with E-state index in [0.717, 1.165) is 14.0 Å². The molecule has 1 amide bonds. The van der Waals surface area contributed by atoms with Gasteiger partial charge in [-0.2, -0.15) is 0 Å². The highest BCUT2D eigenvalue weighted by Crippen LogP contribution is 2.33. The second-order valence-electron chi connectivity index (χ2n) is 4.90. The van der Waals surface area contributed by atoms with Crippen molar-refractivity contribution in [2.24, 2.45) is 0 Å². The number of rotatable bonds is 5. The first-order chi connectivity index (χ1) is 10.7. The van der Waals surface area contributed by atoms with Gasteiger partial charge in [-0.15, -0.1) is 17.9 Å². The predicted octanol–water partition coefficient (Wildman–Crippen LogP) is 4.43. The number of fused-ring (bicyclic) bond motifs is 1. The standard InChI is InChI=1S/C17H15BrN2OS/c1-2-8-19-17(21)14-9-15-13(10-16(18)22-15)20(14)11-12-6-4-3-5-7-12/h2-7,9-10H,1,8,11H2,(H,19,21). The quantitative estimate of drug-likeness (QED) is 0.658. The third-order valence-electron chi connectivity index (χ3n) is 3.38. The average molecular weight is 375 g/mol. The average Bonchev–Trinajstić information content (AvgIpc) is 3.03. The fourth-order valence-corrected chi connectivity index (χ4v) is 3.96. The van der Waals surface area contributed by atoms with Gasteiger partial charge in [0.1, 0.15) is 5.69 Å². The van der Waals surface area contributed by atoms with Crippen LogP contribution < -0.4 is 5.32 Å². The largest absolute Gasteiger partial charge is 0.347 e. The Morgan fingerprint density at radius 2 is 2.09 bits per heavy atom. The molecule has 3 rings (SSSR count). The molecule has 0 saturated heterocycles. The maximum atomic E-state index is 12.4. The summed E-state index contributed by atoms with van der Waals surface area (Å²) in [4.78, 5) is 12.4. The minimum absolute atomic E-state index is 0.0737. The van der Waals surface area contributed by atoms with E-state index in [2.05, 4.69) is 50.6 Å². The van der Waals surface area contributed by atoms with Crippen LogP contribution in [0.2, 0.25) is 0 Å². The topological polar surface area (TPSA) is 34.0 Å². The summed E-state index contributed by atoms with van der Waals surface area (Å²) in [5.74, 6) is -0.0737.